The quantitative estimate of drug-likeness (QED) is 0.872. The van der Waals surface area contributed by atoms with Gasteiger partial charge < -0.3 is 14.5 Å². The second-order valence-electron chi connectivity index (χ2n) is 6.48. The minimum absolute atomic E-state index is 0.110. The van der Waals surface area contributed by atoms with Crippen molar-refractivity contribution in [3.63, 3.8) is 0 Å². The van der Waals surface area contributed by atoms with Crippen LogP contribution in [0.4, 0.5) is 0 Å². The Labute approximate surface area is 143 Å². The van der Waals surface area contributed by atoms with Crippen molar-refractivity contribution in [3.05, 3.63) is 53.5 Å². The van der Waals surface area contributed by atoms with Gasteiger partial charge in [-0.1, -0.05) is 6.07 Å². The lowest BCUT2D eigenvalue weighted by molar-refractivity contribution is -0.120. The summed E-state index contributed by atoms with van der Waals surface area (Å²) >= 11 is 0. The highest BCUT2D eigenvalue weighted by Crippen LogP contribution is 2.43. The zero-order chi connectivity index (χ0) is 16.9. The SMILES string of the molecule is CNC(=O)CCCC1CC(c2ccco2)Cc2ccc(OC)cc21. The fourth-order valence-corrected chi connectivity index (χ4v) is 3.73. The van der Waals surface area contributed by atoms with Crippen molar-refractivity contribution in [1.82, 2.24) is 5.32 Å². The minimum Gasteiger partial charge on any atom is -0.497 e. The molecule has 1 aromatic heterocycles. The number of amides is 1. The van der Waals surface area contributed by atoms with E-state index in [2.05, 4.69) is 23.5 Å². The maximum absolute atomic E-state index is 11.5. The van der Waals surface area contributed by atoms with Gasteiger partial charge in [-0.05, 0) is 67.0 Å². The summed E-state index contributed by atoms with van der Waals surface area (Å²) in [4.78, 5) is 11.5. The molecule has 4 heteroatoms. The average Bonchev–Trinajstić information content (AvgIpc) is 3.15. The van der Waals surface area contributed by atoms with Crippen molar-refractivity contribution in [2.24, 2.45) is 0 Å². The molecule has 0 saturated heterocycles. The molecule has 24 heavy (non-hydrogen) atoms. The van der Waals surface area contributed by atoms with Gasteiger partial charge in [-0.15, -0.1) is 0 Å². The summed E-state index contributed by atoms with van der Waals surface area (Å²) in [6, 6.07) is 10.4. The first kappa shape index (κ1) is 16.6. The number of rotatable bonds is 6. The molecule has 2 atom stereocenters. The van der Waals surface area contributed by atoms with E-state index in [4.69, 9.17) is 9.15 Å². The lowest BCUT2D eigenvalue weighted by Crippen LogP contribution is -2.19. The van der Waals surface area contributed by atoms with Crippen LogP contribution in [0, 0.1) is 0 Å². The molecule has 1 aliphatic rings. The molecule has 1 N–H and O–H groups in total. The molecular weight excluding hydrogens is 302 g/mol. The van der Waals surface area contributed by atoms with Crippen LogP contribution in [0.3, 0.4) is 0 Å². The van der Waals surface area contributed by atoms with Crippen molar-refractivity contribution in [2.45, 2.75) is 43.9 Å². The van der Waals surface area contributed by atoms with Gasteiger partial charge >= 0.3 is 0 Å². The number of fused-ring (bicyclic) bond motifs is 1. The van der Waals surface area contributed by atoms with Crippen molar-refractivity contribution in [1.29, 1.82) is 0 Å². The van der Waals surface area contributed by atoms with Gasteiger partial charge in [-0.2, -0.15) is 0 Å². The van der Waals surface area contributed by atoms with Gasteiger partial charge in [-0.3, -0.25) is 4.79 Å². The summed E-state index contributed by atoms with van der Waals surface area (Å²) in [6.07, 6.45) is 6.29. The van der Waals surface area contributed by atoms with E-state index in [1.54, 1.807) is 20.4 Å². The van der Waals surface area contributed by atoms with Crippen LogP contribution in [0.2, 0.25) is 0 Å². The maximum Gasteiger partial charge on any atom is 0.219 e. The van der Waals surface area contributed by atoms with Gasteiger partial charge in [0.25, 0.3) is 0 Å². The van der Waals surface area contributed by atoms with Crippen LogP contribution in [0.25, 0.3) is 0 Å². The zero-order valence-corrected chi connectivity index (χ0v) is 14.4. The van der Waals surface area contributed by atoms with Gasteiger partial charge in [0.05, 0.1) is 13.4 Å². The van der Waals surface area contributed by atoms with E-state index in [9.17, 15) is 4.79 Å². The number of furan rings is 1. The number of hydrogen-bond acceptors (Lipinski definition) is 3. The summed E-state index contributed by atoms with van der Waals surface area (Å²) in [7, 11) is 3.40. The Hall–Kier alpha value is -2.23. The fraction of sp³-hybridized carbons (Fsp3) is 0.450. The standard InChI is InChI=1S/C20H25NO3/c1-21-20(22)7-3-5-14-11-16(19-6-4-10-24-19)12-15-8-9-17(23-2)13-18(14)15/h4,6,8-10,13-14,16H,3,5,7,11-12H2,1-2H3,(H,21,22). The molecule has 1 heterocycles. The Kier molecular flexibility index (Phi) is 5.24. The van der Waals surface area contributed by atoms with Crippen molar-refractivity contribution >= 4 is 5.91 Å². The molecule has 3 rings (SSSR count). The van der Waals surface area contributed by atoms with E-state index < -0.39 is 0 Å². The van der Waals surface area contributed by atoms with Crippen LogP contribution in [0.1, 0.15) is 54.4 Å². The average molecular weight is 327 g/mol. The number of nitrogens with one attached hydrogen (secondary N) is 1. The Balaban J connectivity index is 1.80. The molecule has 0 bridgehead atoms. The second-order valence-corrected chi connectivity index (χ2v) is 6.48. The van der Waals surface area contributed by atoms with Gasteiger partial charge in [0.2, 0.25) is 5.91 Å². The second kappa shape index (κ2) is 7.56. The number of methoxy groups -OCH3 is 1. The smallest absolute Gasteiger partial charge is 0.219 e. The topological polar surface area (TPSA) is 51.5 Å². The van der Waals surface area contributed by atoms with Gasteiger partial charge in [0, 0.05) is 19.4 Å². The van der Waals surface area contributed by atoms with Gasteiger partial charge in [-0.25, -0.2) is 0 Å². The summed E-state index contributed by atoms with van der Waals surface area (Å²) in [5, 5.41) is 2.70. The van der Waals surface area contributed by atoms with E-state index in [0.29, 0.717) is 18.3 Å². The monoisotopic (exact) mass is 327 g/mol. The molecule has 0 aliphatic heterocycles. The molecule has 0 spiro atoms. The number of benzene rings is 1. The van der Waals surface area contributed by atoms with E-state index in [-0.39, 0.29) is 5.91 Å². The fourth-order valence-electron chi connectivity index (χ4n) is 3.73. The van der Waals surface area contributed by atoms with Crippen molar-refractivity contribution in [3.8, 4) is 5.75 Å². The zero-order valence-electron chi connectivity index (χ0n) is 14.4. The van der Waals surface area contributed by atoms with E-state index >= 15 is 0 Å². The Bertz CT molecular complexity index is 678. The number of carbonyl (C=O) groups is 1. The summed E-state index contributed by atoms with van der Waals surface area (Å²) < 4.78 is 11.1. The van der Waals surface area contributed by atoms with Crippen molar-refractivity contribution in [2.75, 3.05) is 14.2 Å². The van der Waals surface area contributed by atoms with Crippen LogP contribution in [0.15, 0.2) is 41.0 Å². The first-order valence-corrected chi connectivity index (χ1v) is 8.62. The number of hydrogen-bond donors (Lipinski definition) is 1. The summed E-state index contributed by atoms with van der Waals surface area (Å²) in [5.41, 5.74) is 2.74. The van der Waals surface area contributed by atoms with Gasteiger partial charge in [0.1, 0.15) is 11.5 Å². The van der Waals surface area contributed by atoms with Gasteiger partial charge in [0.15, 0.2) is 0 Å². The molecule has 1 aliphatic carbocycles. The first-order valence-electron chi connectivity index (χ1n) is 8.62. The number of carbonyl (C=O) groups excluding carboxylic acids is 1. The van der Waals surface area contributed by atoms with Crippen molar-refractivity contribution < 1.29 is 13.9 Å². The highest BCUT2D eigenvalue weighted by atomic mass is 16.5. The van der Waals surface area contributed by atoms with Crippen LogP contribution >= 0.6 is 0 Å². The third kappa shape index (κ3) is 3.64. The minimum atomic E-state index is 0.110. The normalized spacial score (nSPS) is 19.6. The maximum atomic E-state index is 11.5. The van der Waals surface area contributed by atoms with Crippen LogP contribution in [-0.2, 0) is 11.2 Å². The molecule has 4 nitrogen and oxygen atoms in total. The highest BCUT2D eigenvalue weighted by Gasteiger charge is 2.29. The van der Waals surface area contributed by atoms with Crippen LogP contribution in [-0.4, -0.2) is 20.1 Å². The molecule has 128 valence electrons. The van der Waals surface area contributed by atoms with E-state index in [1.807, 2.05) is 12.1 Å². The Morgan fingerprint density at radius 1 is 1.38 bits per heavy atom. The van der Waals surface area contributed by atoms with Crippen LogP contribution in [0.5, 0.6) is 5.75 Å². The highest BCUT2D eigenvalue weighted by molar-refractivity contribution is 5.75. The predicted molar refractivity (Wildman–Crippen MR) is 93.4 cm³/mol. The lowest BCUT2D eigenvalue weighted by atomic mass is 9.74. The Morgan fingerprint density at radius 3 is 2.96 bits per heavy atom. The molecule has 2 unspecified atom stereocenters. The molecule has 0 fully saturated rings. The predicted octanol–water partition coefficient (Wildman–Crippen LogP) is 4.02. The largest absolute Gasteiger partial charge is 0.497 e. The molecule has 0 radical (unpaired) electrons. The lowest BCUT2D eigenvalue weighted by Gasteiger charge is -2.31. The Morgan fingerprint density at radius 2 is 2.25 bits per heavy atom. The molecular formula is C20H25NO3. The summed E-state index contributed by atoms with van der Waals surface area (Å²) in [5.74, 6) is 2.92. The molecule has 2 aromatic rings. The summed E-state index contributed by atoms with van der Waals surface area (Å²) in [6.45, 7) is 0. The third-order valence-electron chi connectivity index (χ3n) is 5.01. The molecule has 1 aromatic carbocycles. The molecule has 1 amide bonds. The van der Waals surface area contributed by atoms with E-state index in [1.165, 1.54) is 11.1 Å². The van der Waals surface area contributed by atoms with Crippen LogP contribution < -0.4 is 10.1 Å². The number of ether oxygens (including phenoxy) is 1. The molecule has 0 saturated carbocycles. The van der Waals surface area contributed by atoms with E-state index in [0.717, 1.165) is 37.2 Å². The third-order valence-corrected chi connectivity index (χ3v) is 5.01. The first-order chi connectivity index (χ1) is 11.7.